The fraction of sp³-hybridized carbons (Fsp3) is 0.176. The molecule has 1 heterocycles. The van der Waals surface area contributed by atoms with Gasteiger partial charge in [-0.05, 0) is 30.7 Å². The first kappa shape index (κ1) is 16.8. The van der Waals surface area contributed by atoms with E-state index in [-0.39, 0.29) is 11.3 Å². The van der Waals surface area contributed by atoms with Crippen LogP contribution in [-0.4, -0.2) is 26.2 Å². The van der Waals surface area contributed by atoms with Gasteiger partial charge in [0.1, 0.15) is 5.70 Å². The number of carbonyl (C=O) groups excluding carboxylic acids is 2. The molecular weight excluding hydrogens is 318 g/mol. The fourth-order valence-corrected chi connectivity index (χ4v) is 2.58. The highest BCUT2D eigenvalue weighted by molar-refractivity contribution is 6.33. The van der Waals surface area contributed by atoms with Crippen molar-refractivity contribution in [2.24, 2.45) is 0 Å². The van der Waals surface area contributed by atoms with Crippen molar-refractivity contribution in [3.8, 4) is 0 Å². The van der Waals surface area contributed by atoms with Gasteiger partial charge >= 0.3 is 11.9 Å². The van der Waals surface area contributed by atoms with Gasteiger partial charge in [0, 0.05) is 6.20 Å². The van der Waals surface area contributed by atoms with Gasteiger partial charge in [-0.3, -0.25) is 0 Å². The summed E-state index contributed by atoms with van der Waals surface area (Å²) < 4.78 is 9.62. The minimum atomic E-state index is -0.666. The van der Waals surface area contributed by atoms with Gasteiger partial charge in [-0.25, -0.2) is 9.59 Å². The highest BCUT2D eigenvalue weighted by atomic mass is 35.5. The number of methoxy groups -OCH3 is 2. The smallest absolute Gasteiger partial charge is 0.355 e. The molecule has 1 aromatic carbocycles. The molecule has 0 N–H and O–H groups in total. The van der Waals surface area contributed by atoms with E-state index >= 15 is 0 Å². The standard InChI is InChI=1S/C17H16ClNO4/c1-11-7-6-9-13(18)14(11)19-10-5-4-8-12(16(20)22-2)15(19)17(21)23-3/h4-10H,1-3H3. The summed E-state index contributed by atoms with van der Waals surface area (Å²) in [6, 6.07) is 5.38. The Balaban J connectivity index is 2.74. The molecule has 0 atom stereocenters. The Kier molecular flexibility index (Phi) is 5.24. The molecule has 6 heteroatoms. The number of esters is 2. The van der Waals surface area contributed by atoms with Crippen molar-refractivity contribution in [3.63, 3.8) is 0 Å². The number of rotatable bonds is 3. The van der Waals surface area contributed by atoms with Crippen LogP contribution in [0, 0.1) is 6.92 Å². The van der Waals surface area contributed by atoms with Crippen LogP contribution in [0.1, 0.15) is 5.56 Å². The zero-order valence-electron chi connectivity index (χ0n) is 13.0. The first-order valence-electron chi connectivity index (χ1n) is 6.81. The van der Waals surface area contributed by atoms with Crippen LogP contribution < -0.4 is 4.90 Å². The van der Waals surface area contributed by atoms with Gasteiger partial charge in [0.2, 0.25) is 0 Å². The van der Waals surface area contributed by atoms with Gasteiger partial charge in [-0.15, -0.1) is 0 Å². The molecule has 0 fully saturated rings. The first-order valence-corrected chi connectivity index (χ1v) is 7.19. The van der Waals surface area contributed by atoms with Crippen LogP contribution in [0.4, 0.5) is 5.69 Å². The van der Waals surface area contributed by atoms with Gasteiger partial charge in [0.15, 0.2) is 0 Å². The summed E-state index contributed by atoms with van der Waals surface area (Å²) >= 11 is 6.30. The zero-order chi connectivity index (χ0) is 17.0. The average Bonchev–Trinajstić information content (AvgIpc) is 2.76. The van der Waals surface area contributed by atoms with E-state index in [4.69, 9.17) is 21.1 Å². The number of hydrogen-bond acceptors (Lipinski definition) is 5. The van der Waals surface area contributed by atoms with Crippen LogP contribution in [0.2, 0.25) is 5.02 Å². The van der Waals surface area contributed by atoms with E-state index < -0.39 is 11.9 Å². The number of halogens is 1. The van der Waals surface area contributed by atoms with Crippen molar-refractivity contribution in [3.05, 3.63) is 64.5 Å². The predicted octanol–water partition coefficient (Wildman–Crippen LogP) is 3.14. The van der Waals surface area contributed by atoms with Crippen molar-refractivity contribution in [2.45, 2.75) is 6.92 Å². The molecule has 1 aromatic rings. The lowest BCUT2D eigenvalue weighted by Crippen LogP contribution is -2.27. The highest BCUT2D eigenvalue weighted by Crippen LogP contribution is 2.34. The van der Waals surface area contributed by atoms with Gasteiger partial charge in [0.25, 0.3) is 0 Å². The Hall–Kier alpha value is -2.53. The Morgan fingerprint density at radius 1 is 1.09 bits per heavy atom. The summed E-state index contributed by atoms with van der Waals surface area (Å²) in [5.74, 6) is -1.30. The molecule has 1 aliphatic rings. The van der Waals surface area contributed by atoms with Crippen LogP contribution in [-0.2, 0) is 19.1 Å². The van der Waals surface area contributed by atoms with E-state index in [1.165, 1.54) is 25.2 Å². The first-order chi connectivity index (χ1) is 11.0. The molecule has 2 rings (SSSR count). The summed E-state index contributed by atoms with van der Waals surface area (Å²) in [4.78, 5) is 25.9. The minimum Gasteiger partial charge on any atom is -0.465 e. The van der Waals surface area contributed by atoms with Crippen molar-refractivity contribution in [1.29, 1.82) is 0 Å². The summed E-state index contributed by atoms with van der Waals surface area (Å²) in [5.41, 5.74) is 1.56. The second-order valence-corrected chi connectivity index (χ2v) is 5.13. The van der Waals surface area contributed by atoms with Crippen molar-refractivity contribution < 1.29 is 19.1 Å². The largest absolute Gasteiger partial charge is 0.465 e. The molecule has 1 aliphatic heterocycles. The van der Waals surface area contributed by atoms with Crippen LogP contribution >= 0.6 is 11.6 Å². The SMILES string of the molecule is COC(=O)C1=C(C(=O)OC)N(c2c(C)cccc2Cl)C=CC=C1. The number of para-hydroxylation sites is 1. The van der Waals surface area contributed by atoms with Crippen molar-refractivity contribution >= 4 is 29.2 Å². The van der Waals surface area contributed by atoms with E-state index in [2.05, 4.69) is 0 Å². The molecule has 0 saturated heterocycles. The molecule has 5 nitrogen and oxygen atoms in total. The number of allylic oxidation sites excluding steroid dienone is 2. The Morgan fingerprint density at radius 2 is 1.78 bits per heavy atom. The second-order valence-electron chi connectivity index (χ2n) is 4.72. The Morgan fingerprint density at radius 3 is 2.39 bits per heavy atom. The van der Waals surface area contributed by atoms with Gasteiger partial charge in [-0.1, -0.05) is 29.8 Å². The summed E-state index contributed by atoms with van der Waals surface area (Å²) in [5, 5.41) is 0.446. The Labute approximate surface area is 139 Å². The molecule has 0 unspecified atom stereocenters. The lowest BCUT2D eigenvalue weighted by Gasteiger charge is -2.25. The molecular formula is C17H16ClNO4. The van der Waals surface area contributed by atoms with Crippen LogP contribution in [0.3, 0.4) is 0 Å². The normalized spacial score (nSPS) is 13.8. The number of aryl methyl sites for hydroxylation is 1. The number of carbonyl (C=O) groups is 2. The maximum atomic E-state index is 12.3. The van der Waals surface area contributed by atoms with Crippen LogP contribution in [0.15, 0.2) is 53.9 Å². The van der Waals surface area contributed by atoms with E-state index in [0.29, 0.717) is 10.7 Å². The maximum absolute atomic E-state index is 12.3. The van der Waals surface area contributed by atoms with E-state index in [0.717, 1.165) is 5.56 Å². The number of nitrogens with zero attached hydrogens (tertiary/aromatic N) is 1. The Bertz CT molecular complexity index is 714. The second kappa shape index (κ2) is 7.15. The summed E-state index contributed by atoms with van der Waals surface area (Å²) in [7, 11) is 2.50. The maximum Gasteiger partial charge on any atom is 0.355 e. The number of hydrogen-bond donors (Lipinski definition) is 0. The molecule has 0 amide bonds. The molecule has 0 saturated carbocycles. The highest BCUT2D eigenvalue weighted by Gasteiger charge is 2.29. The van der Waals surface area contributed by atoms with E-state index in [9.17, 15) is 9.59 Å². The monoisotopic (exact) mass is 333 g/mol. The number of ether oxygens (including phenoxy) is 2. The molecule has 0 aliphatic carbocycles. The topological polar surface area (TPSA) is 55.8 Å². The average molecular weight is 334 g/mol. The summed E-state index contributed by atoms with van der Waals surface area (Å²) in [6.45, 7) is 1.86. The van der Waals surface area contributed by atoms with Crippen molar-refractivity contribution in [2.75, 3.05) is 19.1 Å². The molecule has 120 valence electrons. The molecule has 23 heavy (non-hydrogen) atoms. The minimum absolute atomic E-state index is 0.0422. The third kappa shape index (κ3) is 3.29. The van der Waals surface area contributed by atoms with Crippen molar-refractivity contribution in [1.82, 2.24) is 0 Å². The molecule has 0 bridgehead atoms. The van der Waals surface area contributed by atoms with Crippen LogP contribution in [0.25, 0.3) is 0 Å². The van der Waals surface area contributed by atoms with E-state index in [1.54, 1.807) is 24.4 Å². The van der Waals surface area contributed by atoms with Gasteiger partial charge < -0.3 is 14.4 Å². The lowest BCUT2D eigenvalue weighted by atomic mass is 10.1. The number of anilines is 1. The van der Waals surface area contributed by atoms with Gasteiger partial charge in [-0.2, -0.15) is 0 Å². The van der Waals surface area contributed by atoms with Gasteiger partial charge in [0.05, 0.1) is 30.5 Å². The lowest BCUT2D eigenvalue weighted by molar-refractivity contribution is -0.139. The third-order valence-electron chi connectivity index (χ3n) is 3.32. The fourth-order valence-electron chi connectivity index (χ4n) is 2.26. The van der Waals surface area contributed by atoms with E-state index in [1.807, 2.05) is 19.1 Å². The predicted molar refractivity (Wildman–Crippen MR) is 88.0 cm³/mol. The molecule has 0 spiro atoms. The summed E-state index contributed by atoms with van der Waals surface area (Å²) in [6.07, 6.45) is 6.48. The quantitative estimate of drug-likeness (QED) is 0.795. The zero-order valence-corrected chi connectivity index (χ0v) is 13.8. The molecule has 0 aromatic heterocycles. The van der Waals surface area contributed by atoms with Crippen LogP contribution in [0.5, 0.6) is 0 Å². The number of benzene rings is 1. The third-order valence-corrected chi connectivity index (χ3v) is 3.62. The molecule has 0 radical (unpaired) electrons.